The van der Waals surface area contributed by atoms with Crippen LogP contribution in [0.4, 0.5) is 17.6 Å². The van der Waals surface area contributed by atoms with Crippen LogP contribution in [0.2, 0.25) is 0 Å². The zero-order chi connectivity index (χ0) is 14.9. The highest BCUT2D eigenvalue weighted by atomic mass is 19.4. The molecule has 0 radical (unpaired) electrons. The van der Waals surface area contributed by atoms with Crippen LogP contribution in [0.5, 0.6) is 0 Å². The molecule has 3 nitrogen and oxygen atoms in total. The van der Waals surface area contributed by atoms with Gasteiger partial charge in [-0.2, -0.15) is 18.3 Å². The second kappa shape index (κ2) is 5.24. The average Bonchev–Trinajstić information content (AvgIpc) is 2.73. The Bertz CT molecular complexity index is 604. The molecular formula is C13H13F4N3. The van der Waals surface area contributed by atoms with E-state index in [1.165, 1.54) is 4.68 Å². The van der Waals surface area contributed by atoms with E-state index in [1.54, 1.807) is 19.3 Å². The lowest BCUT2D eigenvalue weighted by Crippen LogP contribution is -2.20. The van der Waals surface area contributed by atoms with E-state index in [0.717, 1.165) is 12.1 Å². The summed E-state index contributed by atoms with van der Waals surface area (Å²) in [7, 11) is 1.69. The normalized spacial score (nSPS) is 13.5. The van der Waals surface area contributed by atoms with Crippen molar-refractivity contribution in [3.63, 3.8) is 0 Å². The molecule has 0 fully saturated rings. The first-order valence-corrected chi connectivity index (χ1v) is 5.88. The van der Waals surface area contributed by atoms with E-state index in [0.29, 0.717) is 11.8 Å². The number of halogens is 4. The summed E-state index contributed by atoms with van der Waals surface area (Å²) in [6.45, 7) is 0. The summed E-state index contributed by atoms with van der Waals surface area (Å²) >= 11 is 0. The van der Waals surface area contributed by atoms with Crippen LogP contribution in [0.25, 0.3) is 0 Å². The van der Waals surface area contributed by atoms with Gasteiger partial charge in [0.2, 0.25) is 0 Å². The van der Waals surface area contributed by atoms with Crippen LogP contribution in [-0.2, 0) is 19.6 Å². The summed E-state index contributed by atoms with van der Waals surface area (Å²) in [4.78, 5) is 0. The molecule has 0 aliphatic rings. The van der Waals surface area contributed by atoms with Gasteiger partial charge in [-0.1, -0.05) is 0 Å². The minimum Gasteiger partial charge on any atom is -0.324 e. The molecule has 20 heavy (non-hydrogen) atoms. The Morgan fingerprint density at radius 3 is 2.55 bits per heavy atom. The van der Waals surface area contributed by atoms with Crippen molar-refractivity contribution in [2.24, 2.45) is 12.8 Å². The maximum absolute atomic E-state index is 13.2. The molecule has 2 rings (SSSR count). The van der Waals surface area contributed by atoms with E-state index in [9.17, 15) is 17.6 Å². The van der Waals surface area contributed by atoms with Gasteiger partial charge in [-0.25, -0.2) is 4.39 Å². The van der Waals surface area contributed by atoms with Gasteiger partial charge in [-0.15, -0.1) is 0 Å². The molecule has 0 aliphatic carbocycles. The van der Waals surface area contributed by atoms with Crippen molar-refractivity contribution in [2.75, 3.05) is 0 Å². The second-order valence-corrected chi connectivity index (χ2v) is 4.52. The van der Waals surface area contributed by atoms with E-state index in [-0.39, 0.29) is 12.0 Å². The third kappa shape index (κ3) is 3.16. The van der Waals surface area contributed by atoms with Crippen LogP contribution < -0.4 is 5.73 Å². The summed E-state index contributed by atoms with van der Waals surface area (Å²) in [5, 5.41) is 4.05. The molecule has 0 amide bonds. The van der Waals surface area contributed by atoms with Crippen LogP contribution in [-0.4, -0.2) is 9.78 Å². The molecule has 0 aliphatic heterocycles. The van der Waals surface area contributed by atoms with Crippen LogP contribution in [0.15, 0.2) is 30.5 Å². The molecule has 0 saturated carbocycles. The molecular weight excluding hydrogens is 274 g/mol. The van der Waals surface area contributed by atoms with Gasteiger partial charge in [0.05, 0.1) is 11.3 Å². The Labute approximate surface area is 113 Å². The van der Waals surface area contributed by atoms with Crippen LogP contribution >= 0.6 is 0 Å². The fourth-order valence-corrected chi connectivity index (χ4v) is 2.01. The zero-order valence-corrected chi connectivity index (χ0v) is 10.7. The molecule has 1 heterocycles. The molecule has 0 saturated heterocycles. The molecule has 7 heteroatoms. The van der Waals surface area contributed by atoms with Crippen LogP contribution in [0.3, 0.4) is 0 Å². The average molecular weight is 287 g/mol. The Kier molecular flexibility index (Phi) is 3.80. The minimum atomic E-state index is -4.56. The second-order valence-electron chi connectivity index (χ2n) is 4.52. The van der Waals surface area contributed by atoms with Crippen LogP contribution in [0.1, 0.15) is 22.9 Å². The SMILES string of the molecule is Cn1ccc(CC(N)c2cc(F)ccc2C(F)(F)F)n1. The monoisotopic (exact) mass is 287 g/mol. The maximum atomic E-state index is 13.2. The maximum Gasteiger partial charge on any atom is 0.416 e. The molecule has 0 bridgehead atoms. The quantitative estimate of drug-likeness (QED) is 0.882. The smallest absolute Gasteiger partial charge is 0.324 e. The Morgan fingerprint density at radius 2 is 2.00 bits per heavy atom. The molecule has 0 spiro atoms. The highest BCUT2D eigenvalue weighted by Crippen LogP contribution is 2.35. The van der Waals surface area contributed by atoms with Crippen molar-refractivity contribution >= 4 is 0 Å². The number of alkyl halides is 3. The topological polar surface area (TPSA) is 43.8 Å². The summed E-state index contributed by atoms with van der Waals surface area (Å²) in [5.41, 5.74) is 5.16. The predicted molar refractivity (Wildman–Crippen MR) is 65.2 cm³/mol. The Hall–Kier alpha value is -1.89. The number of nitrogens with zero attached hydrogens (tertiary/aromatic N) is 2. The van der Waals surface area contributed by atoms with Crippen molar-refractivity contribution in [1.29, 1.82) is 0 Å². The lowest BCUT2D eigenvalue weighted by atomic mass is 9.97. The van der Waals surface area contributed by atoms with Gasteiger partial charge in [0, 0.05) is 25.7 Å². The molecule has 2 aromatic rings. The van der Waals surface area contributed by atoms with E-state index in [2.05, 4.69) is 5.10 Å². The minimum absolute atomic E-state index is 0.105. The van der Waals surface area contributed by atoms with Crippen molar-refractivity contribution < 1.29 is 17.6 Å². The fourth-order valence-electron chi connectivity index (χ4n) is 2.01. The molecule has 1 aromatic carbocycles. The van der Waals surface area contributed by atoms with E-state index in [1.807, 2.05) is 0 Å². The Morgan fingerprint density at radius 1 is 1.30 bits per heavy atom. The third-order valence-electron chi connectivity index (χ3n) is 2.92. The van der Waals surface area contributed by atoms with Gasteiger partial charge >= 0.3 is 6.18 Å². The largest absolute Gasteiger partial charge is 0.416 e. The highest BCUT2D eigenvalue weighted by molar-refractivity contribution is 5.33. The summed E-state index contributed by atoms with van der Waals surface area (Å²) < 4.78 is 53.4. The van der Waals surface area contributed by atoms with Crippen molar-refractivity contribution in [3.05, 3.63) is 53.1 Å². The van der Waals surface area contributed by atoms with Crippen molar-refractivity contribution in [1.82, 2.24) is 9.78 Å². The first-order valence-electron chi connectivity index (χ1n) is 5.88. The molecule has 108 valence electrons. The van der Waals surface area contributed by atoms with Crippen LogP contribution in [0, 0.1) is 5.82 Å². The van der Waals surface area contributed by atoms with Gasteiger partial charge in [0.25, 0.3) is 0 Å². The van der Waals surface area contributed by atoms with Crippen molar-refractivity contribution in [2.45, 2.75) is 18.6 Å². The van der Waals surface area contributed by atoms with Gasteiger partial charge in [0.1, 0.15) is 5.82 Å². The van der Waals surface area contributed by atoms with Crippen molar-refractivity contribution in [3.8, 4) is 0 Å². The molecule has 1 aromatic heterocycles. The van der Waals surface area contributed by atoms with E-state index in [4.69, 9.17) is 5.73 Å². The number of aryl methyl sites for hydroxylation is 1. The first kappa shape index (κ1) is 14.5. The number of aromatic nitrogens is 2. The molecule has 2 N–H and O–H groups in total. The summed E-state index contributed by atoms with van der Waals surface area (Å²) in [6, 6.07) is 3.00. The number of nitrogens with two attached hydrogens (primary N) is 1. The third-order valence-corrected chi connectivity index (χ3v) is 2.92. The standard InChI is InChI=1S/C13H13F4N3/c1-20-5-4-9(19-20)7-12(18)10-6-8(14)2-3-11(10)13(15,16)17/h2-6,12H,7,18H2,1H3. The van der Waals surface area contributed by atoms with Gasteiger partial charge in [0.15, 0.2) is 0 Å². The number of benzene rings is 1. The molecule has 1 atom stereocenters. The zero-order valence-electron chi connectivity index (χ0n) is 10.7. The fraction of sp³-hybridized carbons (Fsp3) is 0.308. The molecule has 1 unspecified atom stereocenters. The number of rotatable bonds is 3. The highest BCUT2D eigenvalue weighted by Gasteiger charge is 2.34. The predicted octanol–water partition coefficient (Wildman–Crippen LogP) is 2.82. The lowest BCUT2D eigenvalue weighted by Gasteiger charge is -2.17. The summed E-state index contributed by atoms with van der Waals surface area (Å²) in [5.74, 6) is -0.746. The van der Waals surface area contributed by atoms with E-state index >= 15 is 0 Å². The lowest BCUT2D eigenvalue weighted by molar-refractivity contribution is -0.138. The first-order chi connectivity index (χ1) is 9.27. The Balaban J connectivity index is 2.33. The summed E-state index contributed by atoms with van der Waals surface area (Å²) in [6.07, 6.45) is -2.80. The van der Waals surface area contributed by atoms with Gasteiger partial charge < -0.3 is 5.73 Å². The van der Waals surface area contributed by atoms with E-state index < -0.39 is 23.6 Å². The number of hydrogen-bond donors (Lipinski definition) is 1. The van der Waals surface area contributed by atoms with Gasteiger partial charge in [-0.3, -0.25) is 4.68 Å². The number of hydrogen-bond acceptors (Lipinski definition) is 2. The van der Waals surface area contributed by atoms with Gasteiger partial charge in [-0.05, 0) is 29.8 Å².